The summed E-state index contributed by atoms with van der Waals surface area (Å²) in [6.07, 6.45) is 7.74. The first-order chi connectivity index (χ1) is 13.9. The summed E-state index contributed by atoms with van der Waals surface area (Å²) in [4.78, 5) is 32.8. The summed E-state index contributed by atoms with van der Waals surface area (Å²) in [6.45, 7) is 4.11. The molecule has 0 saturated carbocycles. The monoisotopic (exact) mass is 429 g/mol. The molecule has 29 heavy (non-hydrogen) atoms. The number of nitrogens with zero attached hydrogens (tertiary/aromatic N) is 1. The first kappa shape index (κ1) is 21.4. The number of carbonyl (C=O) groups excluding carboxylic acids is 1. The molecule has 0 saturated heterocycles. The maximum absolute atomic E-state index is 12.3. The number of halogens is 1. The summed E-state index contributed by atoms with van der Waals surface area (Å²) >= 11 is 8.16. The predicted octanol–water partition coefficient (Wildman–Crippen LogP) is 4.12. The first-order valence-corrected chi connectivity index (χ1v) is 11.1. The maximum atomic E-state index is 12.3. The molecule has 1 aromatic carbocycles. The van der Waals surface area contributed by atoms with Crippen LogP contribution in [0.2, 0.25) is 0 Å². The van der Waals surface area contributed by atoms with Crippen molar-refractivity contribution >= 4 is 29.3 Å². The summed E-state index contributed by atoms with van der Waals surface area (Å²) in [5.74, 6) is 0.141. The number of hydrogen-bond acceptors (Lipinski definition) is 4. The lowest BCUT2D eigenvalue weighted by atomic mass is 9.94. The molecule has 0 aliphatic heterocycles. The van der Waals surface area contributed by atoms with Crippen molar-refractivity contribution in [2.75, 3.05) is 12.8 Å². The van der Waals surface area contributed by atoms with Crippen LogP contribution in [-0.4, -0.2) is 34.1 Å². The van der Waals surface area contributed by atoms with E-state index in [9.17, 15) is 9.59 Å². The van der Waals surface area contributed by atoms with Crippen LogP contribution in [-0.2, 0) is 4.79 Å². The second-order valence-corrected chi connectivity index (χ2v) is 8.57. The van der Waals surface area contributed by atoms with Gasteiger partial charge >= 0.3 is 0 Å². The molecule has 2 aromatic rings. The van der Waals surface area contributed by atoms with Gasteiger partial charge in [0.2, 0.25) is 5.91 Å². The van der Waals surface area contributed by atoms with Crippen molar-refractivity contribution in [1.29, 1.82) is 0 Å². The number of benzene rings is 1. The van der Waals surface area contributed by atoms with Gasteiger partial charge in [0.05, 0.1) is 17.0 Å². The fraction of sp³-hybridized carbons (Fsp3) is 0.318. The van der Waals surface area contributed by atoms with Gasteiger partial charge in [-0.25, -0.2) is 4.98 Å². The Morgan fingerprint density at radius 3 is 2.69 bits per heavy atom. The number of thioether (sulfide) groups is 1. The van der Waals surface area contributed by atoms with E-state index in [1.165, 1.54) is 6.07 Å². The Morgan fingerprint density at radius 1 is 1.31 bits per heavy atom. The Labute approximate surface area is 179 Å². The minimum Gasteiger partial charge on any atom is -0.352 e. The Morgan fingerprint density at radius 2 is 2.03 bits per heavy atom. The Hall–Kier alpha value is -2.31. The van der Waals surface area contributed by atoms with Crippen molar-refractivity contribution < 1.29 is 4.79 Å². The van der Waals surface area contributed by atoms with Crippen molar-refractivity contribution in [3.05, 3.63) is 70.3 Å². The smallest absolute Gasteiger partial charge is 0.251 e. The number of carbonyl (C=O) groups is 1. The fourth-order valence-electron chi connectivity index (χ4n) is 3.00. The number of hydrogen-bond donors (Lipinski definition) is 2. The van der Waals surface area contributed by atoms with Crippen molar-refractivity contribution in [3.63, 3.8) is 0 Å². The zero-order chi connectivity index (χ0) is 21.0. The van der Waals surface area contributed by atoms with Gasteiger partial charge in [-0.3, -0.25) is 9.59 Å². The van der Waals surface area contributed by atoms with Crippen molar-refractivity contribution in [3.8, 4) is 11.3 Å². The normalized spacial score (nSPS) is 18.6. The topological polar surface area (TPSA) is 74.8 Å². The average Bonchev–Trinajstić information content (AvgIpc) is 2.72. The molecule has 5 nitrogen and oxygen atoms in total. The number of alkyl halides is 1. The third-order valence-electron chi connectivity index (χ3n) is 4.68. The van der Waals surface area contributed by atoms with E-state index in [2.05, 4.69) is 15.3 Å². The van der Waals surface area contributed by atoms with Gasteiger partial charge in [-0.1, -0.05) is 44.2 Å². The number of H-pyrrole nitrogens is 1. The molecule has 0 bridgehead atoms. The van der Waals surface area contributed by atoms with Crippen LogP contribution in [0, 0.1) is 5.92 Å². The predicted molar refractivity (Wildman–Crippen MR) is 120 cm³/mol. The molecule has 1 aromatic heterocycles. The minimum absolute atomic E-state index is 0.00827. The van der Waals surface area contributed by atoms with Crippen molar-refractivity contribution in [2.45, 2.75) is 30.0 Å². The number of allylic oxidation sites excluding steroid dienone is 2. The summed E-state index contributed by atoms with van der Waals surface area (Å²) in [6, 6.07) is 9.42. The highest BCUT2D eigenvalue weighted by molar-refractivity contribution is 7.98. The lowest BCUT2D eigenvalue weighted by Crippen LogP contribution is -2.30. The van der Waals surface area contributed by atoms with E-state index in [1.807, 2.05) is 62.6 Å². The minimum atomic E-state index is -0.336. The summed E-state index contributed by atoms with van der Waals surface area (Å²) in [7, 11) is 0. The molecule has 7 heteroatoms. The van der Waals surface area contributed by atoms with Gasteiger partial charge in [-0.05, 0) is 24.0 Å². The van der Waals surface area contributed by atoms with Crippen LogP contribution < -0.4 is 10.9 Å². The van der Waals surface area contributed by atoms with Crippen LogP contribution >= 0.6 is 23.4 Å². The number of nitrogens with one attached hydrogen (secondary N) is 2. The molecular weight excluding hydrogens is 406 g/mol. The lowest BCUT2D eigenvalue weighted by molar-refractivity contribution is -0.123. The maximum Gasteiger partial charge on any atom is 0.251 e. The van der Waals surface area contributed by atoms with Gasteiger partial charge in [0.1, 0.15) is 5.82 Å². The van der Waals surface area contributed by atoms with E-state index in [0.29, 0.717) is 18.1 Å². The van der Waals surface area contributed by atoms with Gasteiger partial charge in [-0.15, -0.1) is 23.4 Å². The number of rotatable bonds is 6. The number of amides is 1. The van der Waals surface area contributed by atoms with E-state index < -0.39 is 0 Å². The molecule has 0 fully saturated rings. The summed E-state index contributed by atoms with van der Waals surface area (Å²) < 4.78 is 0. The van der Waals surface area contributed by atoms with Gasteiger partial charge < -0.3 is 10.3 Å². The third kappa shape index (κ3) is 5.40. The molecule has 152 valence electrons. The van der Waals surface area contributed by atoms with Gasteiger partial charge in [0.25, 0.3) is 5.56 Å². The Bertz CT molecular complexity index is 996. The van der Waals surface area contributed by atoms with Gasteiger partial charge in [-0.2, -0.15) is 0 Å². The molecule has 1 amide bonds. The second kappa shape index (κ2) is 9.46. The number of aromatic amines is 1. The summed E-state index contributed by atoms with van der Waals surface area (Å²) in [5, 5.41) is 2.57. The van der Waals surface area contributed by atoms with E-state index in [0.717, 1.165) is 16.0 Å². The average molecular weight is 430 g/mol. The highest BCUT2D eigenvalue weighted by atomic mass is 35.5. The van der Waals surface area contributed by atoms with Crippen LogP contribution in [0.15, 0.2) is 63.8 Å². The van der Waals surface area contributed by atoms with Crippen molar-refractivity contribution in [1.82, 2.24) is 15.3 Å². The molecule has 2 atom stereocenters. The van der Waals surface area contributed by atoms with Crippen LogP contribution in [0.3, 0.4) is 0 Å². The quantitative estimate of drug-likeness (QED) is 0.535. The third-order valence-corrected chi connectivity index (χ3v) is 5.84. The summed E-state index contributed by atoms with van der Waals surface area (Å²) in [5.41, 5.74) is 2.19. The highest BCUT2D eigenvalue weighted by Gasteiger charge is 2.24. The number of aromatic nitrogens is 2. The molecule has 3 rings (SSSR count). The van der Waals surface area contributed by atoms with Crippen LogP contribution in [0.1, 0.15) is 25.6 Å². The molecule has 1 aliphatic rings. The van der Waals surface area contributed by atoms with Crippen LogP contribution in [0.4, 0.5) is 0 Å². The standard InChI is InChI=1S/C22H24ClN3O2S/c1-13(2)22(28)24-12-14-4-9-18(23)17(10-14)21-25-19(11-20(27)26-21)15-5-7-16(29-3)8-6-15/h4-11,13,17-18H,12H2,1-3H3,(H,24,28)(H,25,26,27). The second-order valence-electron chi connectivity index (χ2n) is 7.19. The lowest BCUT2D eigenvalue weighted by Gasteiger charge is -2.21. The molecule has 2 N–H and O–H groups in total. The molecule has 2 unspecified atom stereocenters. The molecule has 1 aliphatic carbocycles. The zero-order valence-corrected chi connectivity index (χ0v) is 18.2. The fourth-order valence-corrected chi connectivity index (χ4v) is 3.67. The molecule has 0 radical (unpaired) electrons. The molecule has 1 heterocycles. The first-order valence-electron chi connectivity index (χ1n) is 9.43. The Balaban J connectivity index is 1.88. The van der Waals surface area contributed by atoms with E-state index in [1.54, 1.807) is 11.8 Å². The van der Waals surface area contributed by atoms with E-state index in [-0.39, 0.29) is 28.7 Å². The van der Waals surface area contributed by atoms with Gasteiger partial charge in [0.15, 0.2) is 0 Å². The Kier molecular flexibility index (Phi) is 6.98. The molecule has 0 spiro atoms. The van der Waals surface area contributed by atoms with Crippen LogP contribution in [0.5, 0.6) is 0 Å². The largest absolute Gasteiger partial charge is 0.352 e. The van der Waals surface area contributed by atoms with E-state index in [4.69, 9.17) is 11.6 Å². The highest BCUT2D eigenvalue weighted by Crippen LogP contribution is 2.30. The zero-order valence-electron chi connectivity index (χ0n) is 16.6. The van der Waals surface area contributed by atoms with E-state index >= 15 is 0 Å². The van der Waals surface area contributed by atoms with Crippen molar-refractivity contribution in [2.24, 2.45) is 5.92 Å². The molecular formula is C22H24ClN3O2S. The van der Waals surface area contributed by atoms with Gasteiger partial charge in [0, 0.05) is 29.0 Å². The van der Waals surface area contributed by atoms with Crippen LogP contribution in [0.25, 0.3) is 11.3 Å². The SMILES string of the molecule is CSc1ccc(-c2cc(=O)[nH]c(C3C=C(CNC(=O)C(C)C)C=CC3Cl)n2)cc1.